The first-order chi connectivity index (χ1) is 21.0. The molecule has 14 heteroatoms. The van der Waals surface area contributed by atoms with Crippen molar-refractivity contribution in [2.24, 2.45) is 5.16 Å². The Morgan fingerprint density at radius 3 is 1.96 bits per heavy atom. The van der Waals surface area contributed by atoms with Crippen molar-refractivity contribution in [3.8, 4) is 18.1 Å². The van der Waals surface area contributed by atoms with Gasteiger partial charge in [-0.05, 0) is 75.3 Å². The van der Waals surface area contributed by atoms with Crippen LogP contribution in [0.2, 0.25) is 0 Å². The standard InChI is InChI=1S/C32H44ClF2NO8S2/c1-12-15-21-18-26(33)27(25(21)13-2)36-44-46(39,40)31(9,14-3)32(34,35)30(7,8)45(37,38)43-28-22(19-41-10)16-24(29(4,5)6)17-23(28)20-42-11/h1,13,15-17,26H,14,18-20H2,2-11H3/b21-15?,25-13+,36-27-. The molecule has 0 spiro atoms. The number of nitrogens with zero attached hydrogens (tertiary/aromatic N) is 1. The highest BCUT2D eigenvalue weighted by molar-refractivity contribution is 7.89. The lowest BCUT2D eigenvalue weighted by atomic mass is 9.85. The van der Waals surface area contributed by atoms with Gasteiger partial charge in [-0.15, -0.1) is 18.0 Å². The van der Waals surface area contributed by atoms with Crippen LogP contribution in [0.1, 0.15) is 84.9 Å². The van der Waals surface area contributed by atoms with Gasteiger partial charge in [-0.2, -0.15) is 16.8 Å². The summed E-state index contributed by atoms with van der Waals surface area (Å²) in [6, 6.07) is 3.34. The number of hydrogen-bond acceptors (Lipinski definition) is 9. The van der Waals surface area contributed by atoms with Gasteiger partial charge in [-0.1, -0.05) is 44.8 Å². The first-order valence-electron chi connectivity index (χ1n) is 14.5. The lowest BCUT2D eigenvalue weighted by Gasteiger charge is -2.42. The Morgan fingerprint density at radius 1 is 1.02 bits per heavy atom. The fourth-order valence-electron chi connectivity index (χ4n) is 4.96. The normalized spacial score (nSPS) is 20.6. The number of ether oxygens (including phenoxy) is 2. The second kappa shape index (κ2) is 14.3. The molecule has 1 aliphatic rings. The first-order valence-corrected chi connectivity index (χ1v) is 17.7. The molecule has 0 aliphatic heterocycles. The van der Waals surface area contributed by atoms with E-state index >= 15 is 8.78 Å². The molecule has 0 bridgehead atoms. The van der Waals surface area contributed by atoms with Crippen LogP contribution >= 0.6 is 11.6 Å². The molecule has 1 aromatic carbocycles. The van der Waals surface area contributed by atoms with Gasteiger partial charge in [0.05, 0.1) is 18.6 Å². The molecule has 1 saturated carbocycles. The monoisotopic (exact) mass is 707 g/mol. The molecule has 0 heterocycles. The highest BCUT2D eigenvalue weighted by Crippen LogP contribution is 2.50. The molecule has 9 nitrogen and oxygen atoms in total. The predicted molar refractivity (Wildman–Crippen MR) is 176 cm³/mol. The van der Waals surface area contributed by atoms with Crippen LogP contribution in [-0.4, -0.2) is 57.6 Å². The Labute approximate surface area is 277 Å². The van der Waals surface area contributed by atoms with Crippen molar-refractivity contribution < 1.29 is 43.6 Å². The van der Waals surface area contributed by atoms with Gasteiger partial charge in [-0.25, -0.2) is 8.78 Å². The fourth-order valence-corrected chi connectivity index (χ4v) is 7.80. The molecule has 258 valence electrons. The number of hydrogen-bond donors (Lipinski definition) is 0. The second-order valence-electron chi connectivity index (χ2n) is 12.7. The van der Waals surface area contributed by atoms with Crippen LogP contribution in [-0.2, 0) is 52.6 Å². The average molecular weight is 708 g/mol. The molecule has 1 aliphatic carbocycles. The number of benzene rings is 1. The van der Waals surface area contributed by atoms with Crippen LogP contribution in [0.15, 0.2) is 40.6 Å². The SMILES string of the molecule is C#CC=C1CC(Cl)C(=N\OS(=O)(=O)C(C)(CC)C(F)(F)C(C)(C)S(=O)(=O)Oc2c(COC)cc(C(C)(C)C)cc2COC)/C1=C/C. The van der Waals surface area contributed by atoms with Crippen LogP contribution < -0.4 is 4.18 Å². The number of halogens is 3. The van der Waals surface area contributed by atoms with Gasteiger partial charge in [-0.3, -0.25) is 4.28 Å². The average Bonchev–Trinajstić information content (AvgIpc) is 3.25. The summed E-state index contributed by atoms with van der Waals surface area (Å²) in [7, 11) is -7.83. The minimum Gasteiger partial charge on any atom is -0.381 e. The molecular formula is C32H44ClF2NO8S2. The summed E-state index contributed by atoms with van der Waals surface area (Å²) in [5.74, 6) is -2.39. The molecule has 0 N–H and O–H groups in total. The second-order valence-corrected chi connectivity index (χ2v) is 17.2. The minimum atomic E-state index is -5.32. The van der Waals surface area contributed by atoms with E-state index in [-0.39, 0.29) is 47.6 Å². The van der Waals surface area contributed by atoms with E-state index in [0.29, 0.717) is 31.9 Å². The number of allylic oxidation sites excluding steroid dienone is 4. The summed E-state index contributed by atoms with van der Waals surface area (Å²) in [5.41, 5.74) is 1.97. The highest BCUT2D eigenvalue weighted by Gasteiger charge is 2.71. The van der Waals surface area contributed by atoms with Crippen molar-refractivity contribution >= 4 is 37.5 Å². The largest absolute Gasteiger partial charge is 0.381 e. The summed E-state index contributed by atoms with van der Waals surface area (Å²) >= 11 is 6.35. The Balaban J connectivity index is 2.66. The zero-order chi connectivity index (χ0) is 35.5. The van der Waals surface area contributed by atoms with Gasteiger partial charge < -0.3 is 13.7 Å². The molecule has 2 atom stereocenters. The first kappa shape index (κ1) is 39.7. The lowest BCUT2D eigenvalue weighted by Crippen LogP contribution is -2.65. The number of terminal acetylenes is 1. The van der Waals surface area contributed by atoms with E-state index in [0.717, 1.165) is 5.56 Å². The highest BCUT2D eigenvalue weighted by atomic mass is 35.5. The molecule has 1 aromatic rings. The molecule has 0 saturated heterocycles. The van der Waals surface area contributed by atoms with Crippen LogP contribution in [0, 0.1) is 12.3 Å². The Hall–Kier alpha value is -2.50. The maximum Gasteiger partial charge on any atom is 0.340 e. The zero-order valence-corrected chi connectivity index (χ0v) is 30.3. The van der Waals surface area contributed by atoms with Crippen molar-refractivity contribution in [1.82, 2.24) is 0 Å². The molecule has 1 fully saturated rings. The van der Waals surface area contributed by atoms with Crippen LogP contribution in [0.25, 0.3) is 0 Å². The van der Waals surface area contributed by atoms with Gasteiger partial charge in [0.25, 0.3) is 5.92 Å². The van der Waals surface area contributed by atoms with E-state index < -0.39 is 47.5 Å². The van der Waals surface area contributed by atoms with E-state index in [9.17, 15) is 16.8 Å². The van der Waals surface area contributed by atoms with E-state index in [1.807, 2.05) is 20.8 Å². The summed E-state index contributed by atoms with van der Waals surface area (Å²) in [5, 5.41) is 2.83. The van der Waals surface area contributed by atoms with Crippen molar-refractivity contribution in [1.29, 1.82) is 0 Å². The van der Waals surface area contributed by atoms with E-state index in [2.05, 4.69) is 11.1 Å². The Morgan fingerprint density at radius 2 is 1.54 bits per heavy atom. The topological polar surface area (TPSA) is 118 Å². The van der Waals surface area contributed by atoms with Crippen LogP contribution in [0.5, 0.6) is 5.75 Å². The maximum absolute atomic E-state index is 16.7. The number of alkyl halides is 3. The van der Waals surface area contributed by atoms with Crippen molar-refractivity contribution in [2.75, 3.05) is 14.2 Å². The predicted octanol–water partition coefficient (Wildman–Crippen LogP) is 6.79. The molecular weight excluding hydrogens is 664 g/mol. The van der Waals surface area contributed by atoms with Gasteiger partial charge in [0.15, 0.2) is 15.2 Å². The van der Waals surface area contributed by atoms with E-state index in [1.165, 1.54) is 27.2 Å². The third kappa shape index (κ3) is 7.31. The maximum atomic E-state index is 16.7. The minimum absolute atomic E-state index is 0.0127. The van der Waals surface area contributed by atoms with Gasteiger partial charge in [0, 0.05) is 30.9 Å². The third-order valence-electron chi connectivity index (χ3n) is 8.27. The smallest absolute Gasteiger partial charge is 0.340 e. The number of rotatable bonds is 13. The third-order valence-corrected chi connectivity index (χ3v) is 12.4. The quantitative estimate of drug-likeness (QED) is 0.0953. The Kier molecular flexibility index (Phi) is 12.3. The summed E-state index contributed by atoms with van der Waals surface area (Å²) in [4.78, 5) is 0. The van der Waals surface area contributed by atoms with Gasteiger partial charge >= 0.3 is 20.2 Å². The fraction of sp³-hybridized carbons (Fsp3) is 0.594. The van der Waals surface area contributed by atoms with Crippen molar-refractivity contribution in [2.45, 2.75) is 108 Å². The van der Waals surface area contributed by atoms with Gasteiger partial charge in [0.1, 0.15) is 5.71 Å². The number of methoxy groups -OCH3 is 2. The summed E-state index contributed by atoms with van der Waals surface area (Å²) in [6.07, 6.45) is 7.84. The summed E-state index contributed by atoms with van der Waals surface area (Å²) in [6.45, 7) is 10.6. The molecule has 46 heavy (non-hydrogen) atoms. The van der Waals surface area contributed by atoms with Crippen LogP contribution in [0.4, 0.5) is 8.78 Å². The lowest BCUT2D eigenvalue weighted by molar-refractivity contribution is -0.0725. The molecule has 0 amide bonds. The molecule has 0 aromatic heterocycles. The Bertz CT molecular complexity index is 1630. The van der Waals surface area contributed by atoms with Crippen molar-refractivity contribution in [3.63, 3.8) is 0 Å². The zero-order valence-electron chi connectivity index (χ0n) is 28.0. The van der Waals surface area contributed by atoms with Gasteiger partial charge in [0.2, 0.25) is 0 Å². The molecule has 0 radical (unpaired) electrons. The van der Waals surface area contributed by atoms with E-state index in [1.54, 1.807) is 25.1 Å². The summed E-state index contributed by atoms with van der Waals surface area (Å²) < 4.78 is 103. The van der Waals surface area contributed by atoms with Crippen LogP contribution in [0.3, 0.4) is 0 Å². The van der Waals surface area contributed by atoms with E-state index in [4.69, 9.17) is 36.0 Å². The number of oxime groups is 1. The van der Waals surface area contributed by atoms with Crippen molar-refractivity contribution in [3.05, 3.63) is 52.1 Å². The molecule has 2 unspecified atom stereocenters. The molecule has 2 rings (SSSR count).